The molecule has 0 unspecified atom stereocenters. The molecule has 1 N–H and O–H groups in total. The number of nitrogens with zero attached hydrogens (tertiary/aromatic N) is 4. The zero-order chi connectivity index (χ0) is 15.2. The van der Waals surface area contributed by atoms with E-state index < -0.39 is 0 Å². The largest absolute Gasteiger partial charge is 0.369 e. The minimum absolute atomic E-state index is 0.761. The van der Waals surface area contributed by atoms with E-state index in [4.69, 9.17) is 9.97 Å². The highest BCUT2D eigenvalue weighted by Crippen LogP contribution is 2.24. The highest BCUT2D eigenvalue weighted by atomic mass is 127. The average molecular weight is 399 g/mol. The van der Waals surface area contributed by atoms with E-state index in [-0.39, 0.29) is 0 Å². The van der Waals surface area contributed by atoms with E-state index in [1.165, 1.54) is 0 Å². The Morgan fingerprint density at radius 1 is 1.19 bits per heavy atom. The first kappa shape index (κ1) is 16.2. The van der Waals surface area contributed by atoms with Crippen molar-refractivity contribution < 1.29 is 0 Å². The summed E-state index contributed by atoms with van der Waals surface area (Å²) in [6.07, 6.45) is 6.74. The van der Waals surface area contributed by atoms with E-state index in [9.17, 15) is 0 Å². The van der Waals surface area contributed by atoms with Crippen LogP contribution in [0.25, 0.3) is 11.5 Å². The molecule has 0 radical (unpaired) electrons. The van der Waals surface area contributed by atoms with E-state index in [1.807, 2.05) is 12.5 Å². The molecule has 21 heavy (non-hydrogen) atoms. The standard InChI is InChI=1S/C15H22IN5/c1-4-7-18-15-13(16)11(6-3)19-14(20-15)12-9-17-10-21(12)8-5-2/h9-10H,4-8H2,1-3H3,(H,18,19,20). The van der Waals surface area contributed by atoms with Gasteiger partial charge in [0.25, 0.3) is 0 Å². The fourth-order valence-corrected chi connectivity index (χ4v) is 2.94. The van der Waals surface area contributed by atoms with Crippen molar-refractivity contribution in [3.63, 3.8) is 0 Å². The van der Waals surface area contributed by atoms with E-state index >= 15 is 0 Å². The summed E-state index contributed by atoms with van der Waals surface area (Å²) in [5, 5.41) is 3.40. The molecule has 2 heterocycles. The minimum atomic E-state index is 0.761. The van der Waals surface area contributed by atoms with Crippen molar-refractivity contribution >= 4 is 28.4 Å². The van der Waals surface area contributed by atoms with Gasteiger partial charge < -0.3 is 9.88 Å². The van der Waals surface area contributed by atoms with Crippen molar-refractivity contribution in [3.8, 4) is 11.5 Å². The summed E-state index contributed by atoms with van der Waals surface area (Å²) in [6.45, 7) is 8.29. The van der Waals surface area contributed by atoms with Crippen LogP contribution in [0.5, 0.6) is 0 Å². The fourth-order valence-electron chi connectivity index (χ4n) is 2.13. The van der Waals surface area contributed by atoms with E-state index in [2.05, 4.69) is 58.2 Å². The van der Waals surface area contributed by atoms with E-state index in [1.54, 1.807) is 0 Å². The second kappa shape index (κ2) is 7.72. The molecule has 0 amide bonds. The molecule has 114 valence electrons. The third-order valence-electron chi connectivity index (χ3n) is 3.20. The molecule has 6 heteroatoms. The number of rotatable bonds is 7. The maximum atomic E-state index is 4.73. The SMILES string of the molecule is CCCNc1nc(-c2cncn2CCC)nc(CC)c1I. The van der Waals surface area contributed by atoms with Gasteiger partial charge in [-0.2, -0.15) is 0 Å². The molecule has 5 nitrogen and oxygen atoms in total. The predicted molar refractivity (Wildman–Crippen MR) is 94.4 cm³/mol. The van der Waals surface area contributed by atoms with Crippen LogP contribution in [0, 0.1) is 3.57 Å². The first-order valence-corrected chi connectivity index (χ1v) is 8.59. The first-order valence-electron chi connectivity index (χ1n) is 7.51. The zero-order valence-electron chi connectivity index (χ0n) is 12.9. The van der Waals surface area contributed by atoms with Crippen molar-refractivity contribution in [1.29, 1.82) is 0 Å². The summed E-state index contributed by atoms with van der Waals surface area (Å²) in [7, 11) is 0. The lowest BCUT2D eigenvalue weighted by atomic mass is 10.3. The van der Waals surface area contributed by atoms with Crippen LogP contribution in [0.4, 0.5) is 5.82 Å². The van der Waals surface area contributed by atoms with Gasteiger partial charge in [-0.1, -0.05) is 20.8 Å². The number of halogens is 1. The number of aromatic nitrogens is 4. The third kappa shape index (κ3) is 3.72. The topological polar surface area (TPSA) is 55.6 Å². The molecule has 0 saturated carbocycles. The summed E-state index contributed by atoms with van der Waals surface area (Å²) < 4.78 is 3.24. The van der Waals surface area contributed by atoms with Gasteiger partial charge >= 0.3 is 0 Å². The summed E-state index contributed by atoms with van der Waals surface area (Å²) in [5.41, 5.74) is 2.07. The maximum absolute atomic E-state index is 4.73. The Labute approximate surface area is 139 Å². The van der Waals surface area contributed by atoms with Crippen LogP contribution in [0.2, 0.25) is 0 Å². The molecule has 2 rings (SSSR count). The average Bonchev–Trinajstić information content (AvgIpc) is 2.95. The second-order valence-electron chi connectivity index (χ2n) is 4.91. The number of aryl methyl sites for hydroxylation is 2. The van der Waals surface area contributed by atoms with Gasteiger partial charge in [-0.3, -0.25) is 0 Å². The molecular weight excluding hydrogens is 377 g/mol. The van der Waals surface area contributed by atoms with Gasteiger partial charge in [0.1, 0.15) is 11.5 Å². The maximum Gasteiger partial charge on any atom is 0.180 e. The number of imidazole rings is 1. The van der Waals surface area contributed by atoms with Crippen LogP contribution in [0.15, 0.2) is 12.5 Å². The van der Waals surface area contributed by atoms with Gasteiger partial charge in [0.05, 0.1) is 21.8 Å². The number of nitrogens with one attached hydrogen (secondary N) is 1. The molecule has 0 bridgehead atoms. The molecule has 0 aliphatic carbocycles. The van der Waals surface area contributed by atoms with Crippen molar-refractivity contribution in [3.05, 3.63) is 21.8 Å². The van der Waals surface area contributed by atoms with Crippen LogP contribution < -0.4 is 5.32 Å². The monoisotopic (exact) mass is 399 g/mol. The Bertz CT molecular complexity index is 594. The fraction of sp³-hybridized carbons (Fsp3) is 0.533. The molecule has 2 aromatic heterocycles. The molecule has 2 aromatic rings. The molecular formula is C15H22IN5. The van der Waals surface area contributed by atoms with Gasteiger partial charge in [-0.25, -0.2) is 15.0 Å². The normalized spacial score (nSPS) is 10.9. The molecule has 0 aliphatic heterocycles. The summed E-state index contributed by atoms with van der Waals surface area (Å²) in [4.78, 5) is 13.7. The number of hydrogen-bond donors (Lipinski definition) is 1. The Kier molecular flexibility index (Phi) is 5.96. The molecule has 0 atom stereocenters. The van der Waals surface area contributed by atoms with Crippen LogP contribution in [0.1, 0.15) is 39.3 Å². The van der Waals surface area contributed by atoms with Crippen molar-refractivity contribution in [1.82, 2.24) is 19.5 Å². The van der Waals surface area contributed by atoms with Crippen LogP contribution in [-0.4, -0.2) is 26.1 Å². The molecule has 0 spiro atoms. The Morgan fingerprint density at radius 3 is 2.67 bits per heavy atom. The lowest BCUT2D eigenvalue weighted by Crippen LogP contribution is -2.10. The van der Waals surface area contributed by atoms with Crippen molar-refractivity contribution in [2.45, 2.75) is 46.6 Å². The zero-order valence-corrected chi connectivity index (χ0v) is 15.0. The molecule has 0 aromatic carbocycles. The van der Waals surface area contributed by atoms with Gasteiger partial charge in [0.15, 0.2) is 5.82 Å². The van der Waals surface area contributed by atoms with Crippen molar-refractivity contribution in [2.75, 3.05) is 11.9 Å². The van der Waals surface area contributed by atoms with Gasteiger partial charge in [-0.05, 0) is 41.9 Å². The van der Waals surface area contributed by atoms with Crippen LogP contribution in [0.3, 0.4) is 0 Å². The van der Waals surface area contributed by atoms with E-state index in [0.717, 1.165) is 59.0 Å². The van der Waals surface area contributed by atoms with Crippen LogP contribution >= 0.6 is 22.6 Å². The summed E-state index contributed by atoms with van der Waals surface area (Å²) >= 11 is 2.33. The molecule has 0 aliphatic rings. The highest BCUT2D eigenvalue weighted by molar-refractivity contribution is 14.1. The predicted octanol–water partition coefficient (Wildman–Crippen LogP) is 3.74. The smallest absolute Gasteiger partial charge is 0.180 e. The van der Waals surface area contributed by atoms with Crippen molar-refractivity contribution in [2.24, 2.45) is 0 Å². The Hall–Kier alpha value is -1.18. The Balaban J connectivity index is 2.45. The lowest BCUT2D eigenvalue weighted by Gasteiger charge is -2.13. The highest BCUT2D eigenvalue weighted by Gasteiger charge is 2.14. The molecule has 0 saturated heterocycles. The number of hydrogen-bond acceptors (Lipinski definition) is 4. The lowest BCUT2D eigenvalue weighted by molar-refractivity contribution is 0.681. The summed E-state index contributed by atoms with van der Waals surface area (Å²) in [5.74, 6) is 1.69. The third-order valence-corrected chi connectivity index (χ3v) is 4.34. The van der Waals surface area contributed by atoms with E-state index in [0.29, 0.717) is 0 Å². The summed E-state index contributed by atoms with van der Waals surface area (Å²) in [6, 6.07) is 0. The molecule has 0 fully saturated rings. The van der Waals surface area contributed by atoms with Crippen LogP contribution in [-0.2, 0) is 13.0 Å². The van der Waals surface area contributed by atoms with Gasteiger partial charge in [0.2, 0.25) is 0 Å². The Morgan fingerprint density at radius 2 is 2.00 bits per heavy atom. The number of anilines is 1. The minimum Gasteiger partial charge on any atom is -0.369 e. The quantitative estimate of drug-likeness (QED) is 0.721. The van der Waals surface area contributed by atoms with Gasteiger partial charge in [0, 0.05) is 13.1 Å². The van der Waals surface area contributed by atoms with Gasteiger partial charge in [-0.15, -0.1) is 0 Å². The first-order chi connectivity index (χ1) is 10.2. The second-order valence-corrected chi connectivity index (χ2v) is 5.99.